The fraction of sp³-hybridized carbons (Fsp3) is 0.471. The van der Waals surface area contributed by atoms with Crippen molar-refractivity contribution in [2.24, 2.45) is 0 Å². The van der Waals surface area contributed by atoms with Crippen LogP contribution in [0.1, 0.15) is 17.8 Å². The summed E-state index contributed by atoms with van der Waals surface area (Å²) in [6.07, 6.45) is 2.24. The number of amides is 1. The summed E-state index contributed by atoms with van der Waals surface area (Å²) in [7, 11) is 0. The SMILES string of the molecule is Cc1nc2ccccn2c1CC(=O)N[C@@H]1COCC[C@@H]1OCC(=O)O. The average Bonchev–Trinajstić information content (AvgIpc) is 2.90. The molecule has 2 aromatic heterocycles. The molecular formula is C17H21N3O5. The monoisotopic (exact) mass is 347 g/mol. The van der Waals surface area contributed by atoms with Crippen molar-refractivity contribution in [3.63, 3.8) is 0 Å². The van der Waals surface area contributed by atoms with E-state index in [1.807, 2.05) is 35.7 Å². The first kappa shape index (κ1) is 17.4. The fourth-order valence-electron chi connectivity index (χ4n) is 3.02. The summed E-state index contributed by atoms with van der Waals surface area (Å²) in [4.78, 5) is 27.6. The van der Waals surface area contributed by atoms with Crippen molar-refractivity contribution in [2.75, 3.05) is 19.8 Å². The van der Waals surface area contributed by atoms with Crippen LogP contribution in [0.15, 0.2) is 24.4 Å². The van der Waals surface area contributed by atoms with Gasteiger partial charge in [0.2, 0.25) is 5.91 Å². The van der Waals surface area contributed by atoms with Crippen molar-refractivity contribution in [2.45, 2.75) is 31.9 Å². The summed E-state index contributed by atoms with van der Waals surface area (Å²) in [5.41, 5.74) is 2.43. The van der Waals surface area contributed by atoms with Crippen LogP contribution >= 0.6 is 0 Å². The van der Waals surface area contributed by atoms with Crippen LogP contribution in [-0.4, -0.2) is 58.3 Å². The Balaban J connectivity index is 1.66. The number of carbonyl (C=O) groups excluding carboxylic acids is 1. The van der Waals surface area contributed by atoms with Crippen molar-refractivity contribution < 1.29 is 24.2 Å². The summed E-state index contributed by atoms with van der Waals surface area (Å²) in [6, 6.07) is 5.31. The normalized spacial score (nSPS) is 20.5. The number of carboxylic acids is 1. The highest BCUT2D eigenvalue weighted by Gasteiger charge is 2.29. The van der Waals surface area contributed by atoms with Gasteiger partial charge in [0.05, 0.1) is 36.6 Å². The third-order valence-corrected chi connectivity index (χ3v) is 4.22. The van der Waals surface area contributed by atoms with Crippen LogP contribution < -0.4 is 5.32 Å². The number of hydrogen-bond acceptors (Lipinski definition) is 5. The minimum Gasteiger partial charge on any atom is -0.480 e. The number of imidazole rings is 1. The molecule has 25 heavy (non-hydrogen) atoms. The molecule has 0 unspecified atom stereocenters. The van der Waals surface area contributed by atoms with Gasteiger partial charge in [-0.25, -0.2) is 9.78 Å². The van der Waals surface area contributed by atoms with E-state index < -0.39 is 5.97 Å². The number of fused-ring (bicyclic) bond motifs is 1. The number of pyridine rings is 1. The lowest BCUT2D eigenvalue weighted by molar-refractivity contribution is -0.148. The number of carbonyl (C=O) groups is 2. The summed E-state index contributed by atoms with van der Waals surface area (Å²) in [5.74, 6) is -1.20. The lowest BCUT2D eigenvalue weighted by atomic mass is 10.1. The van der Waals surface area contributed by atoms with Gasteiger partial charge in [-0.15, -0.1) is 0 Å². The number of nitrogens with zero attached hydrogens (tertiary/aromatic N) is 2. The summed E-state index contributed by atoms with van der Waals surface area (Å²) in [5, 5.41) is 11.7. The average molecular weight is 347 g/mol. The predicted octanol–water partition coefficient (Wildman–Crippen LogP) is 0.560. The van der Waals surface area contributed by atoms with E-state index in [0.717, 1.165) is 17.0 Å². The largest absolute Gasteiger partial charge is 0.480 e. The van der Waals surface area contributed by atoms with Gasteiger partial charge in [0.1, 0.15) is 12.3 Å². The third-order valence-electron chi connectivity index (χ3n) is 4.22. The zero-order valence-corrected chi connectivity index (χ0v) is 14.0. The predicted molar refractivity (Wildman–Crippen MR) is 88.4 cm³/mol. The van der Waals surface area contributed by atoms with E-state index in [9.17, 15) is 9.59 Å². The highest BCUT2D eigenvalue weighted by Crippen LogP contribution is 2.15. The Morgan fingerprint density at radius 3 is 3.12 bits per heavy atom. The maximum Gasteiger partial charge on any atom is 0.329 e. The molecule has 1 aliphatic heterocycles. The lowest BCUT2D eigenvalue weighted by Gasteiger charge is -2.31. The van der Waals surface area contributed by atoms with E-state index in [2.05, 4.69) is 10.3 Å². The van der Waals surface area contributed by atoms with Gasteiger partial charge in [0.15, 0.2) is 0 Å². The Morgan fingerprint density at radius 1 is 1.48 bits per heavy atom. The quantitative estimate of drug-likeness (QED) is 0.792. The Hall–Kier alpha value is -2.45. The highest BCUT2D eigenvalue weighted by atomic mass is 16.5. The number of carboxylic acid groups (broad SMARTS) is 1. The molecule has 3 rings (SSSR count). The molecule has 1 saturated heterocycles. The molecule has 0 spiro atoms. The Labute approximate surface area is 144 Å². The zero-order valence-electron chi connectivity index (χ0n) is 14.0. The number of aromatic nitrogens is 2. The lowest BCUT2D eigenvalue weighted by Crippen LogP contribution is -2.51. The number of ether oxygens (including phenoxy) is 2. The van der Waals surface area contributed by atoms with E-state index >= 15 is 0 Å². The van der Waals surface area contributed by atoms with Crippen LogP contribution in [0.4, 0.5) is 0 Å². The standard InChI is InChI=1S/C17H21N3O5/c1-11-13(20-6-3-2-4-15(20)18-11)8-16(21)19-12-9-24-7-5-14(12)25-10-17(22)23/h2-4,6,12,14H,5,7-10H2,1H3,(H,19,21)(H,22,23)/t12-,14+/m1/s1. The Bertz CT molecular complexity index is 773. The topological polar surface area (TPSA) is 102 Å². The van der Waals surface area contributed by atoms with Gasteiger partial charge in [-0.05, 0) is 25.5 Å². The molecule has 8 heteroatoms. The molecule has 1 fully saturated rings. The molecule has 0 saturated carbocycles. The van der Waals surface area contributed by atoms with Gasteiger partial charge in [-0.3, -0.25) is 4.79 Å². The van der Waals surface area contributed by atoms with Crippen molar-refractivity contribution >= 4 is 17.5 Å². The molecule has 8 nitrogen and oxygen atoms in total. The number of nitrogens with one attached hydrogen (secondary N) is 1. The van der Waals surface area contributed by atoms with Crippen LogP contribution in [-0.2, 0) is 25.5 Å². The van der Waals surface area contributed by atoms with Crippen LogP contribution in [0.3, 0.4) is 0 Å². The Morgan fingerprint density at radius 2 is 2.32 bits per heavy atom. The molecule has 3 heterocycles. The number of hydrogen-bond donors (Lipinski definition) is 2. The first-order valence-corrected chi connectivity index (χ1v) is 8.17. The summed E-state index contributed by atoms with van der Waals surface area (Å²) in [6.45, 7) is 2.28. The molecule has 0 aromatic carbocycles. The van der Waals surface area contributed by atoms with Crippen molar-refractivity contribution in [3.05, 3.63) is 35.8 Å². The van der Waals surface area contributed by atoms with Gasteiger partial charge in [-0.2, -0.15) is 0 Å². The minimum absolute atomic E-state index is 0.173. The second-order valence-electron chi connectivity index (χ2n) is 6.03. The first-order chi connectivity index (χ1) is 12.0. The molecule has 2 N–H and O–H groups in total. The van der Waals surface area contributed by atoms with Crippen LogP contribution in [0.2, 0.25) is 0 Å². The van der Waals surface area contributed by atoms with Gasteiger partial charge < -0.3 is 24.3 Å². The molecule has 134 valence electrons. The summed E-state index contributed by atoms with van der Waals surface area (Å²) < 4.78 is 12.7. The van der Waals surface area contributed by atoms with Crippen LogP contribution in [0, 0.1) is 6.92 Å². The first-order valence-electron chi connectivity index (χ1n) is 8.17. The molecule has 2 aromatic rings. The van der Waals surface area contributed by atoms with E-state index in [1.165, 1.54) is 0 Å². The van der Waals surface area contributed by atoms with E-state index in [4.69, 9.17) is 14.6 Å². The molecular weight excluding hydrogens is 326 g/mol. The van der Waals surface area contributed by atoms with Crippen LogP contribution in [0.5, 0.6) is 0 Å². The fourth-order valence-corrected chi connectivity index (χ4v) is 3.02. The van der Waals surface area contributed by atoms with E-state index in [-0.39, 0.29) is 31.1 Å². The number of aliphatic carboxylic acids is 1. The van der Waals surface area contributed by atoms with Gasteiger partial charge in [0, 0.05) is 12.8 Å². The maximum absolute atomic E-state index is 12.5. The molecule has 1 amide bonds. The van der Waals surface area contributed by atoms with Gasteiger partial charge in [-0.1, -0.05) is 6.07 Å². The smallest absolute Gasteiger partial charge is 0.329 e. The molecule has 0 radical (unpaired) electrons. The molecule has 1 aliphatic rings. The second kappa shape index (κ2) is 7.62. The zero-order chi connectivity index (χ0) is 17.8. The van der Waals surface area contributed by atoms with Crippen LogP contribution in [0.25, 0.3) is 5.65 Å². The molecule has 2 atom stereocenters. The third kappa shape index (κ3) is 4.15. The van der Waals surface area contributed by atoms with Crippen molar-refractivity contribution in [1.29, 1.82) is 0 Å². The van der Waals surface area contributed by atoms with Gasteiger partial charge >= 0.3 is 5.97 Å². The Kier molecular flexibility index (Phi) is 5.30. The number of aryl methyl sites for hydroxylation is 1. The highest BCUT2D eigenvalue weighted by molar-refractivity contribution is 5.79. The van der Waals surface area contributed by atoms with E-state index in [0.29, 0.717) is 19.6 Å². The minimum atomic E-state index is -1.03. The van der Waals surface area contributed by atoms with Crippen molar-refractivity contribution in [1.82, 2.24) is 14.7 Å². The van der Waals surface area contributed by atoms with Crippen molar-refractivity contribution in [3.8, 4) is 0 Å². The molecule has 0 aliphatic carbocycles. The number of rotatable bonds is 6. The van der Waals surface area contributed by atoms with E-state index in [1.54, 1.807) is 0 Å². The maximum atomic E-state index is 12.5. The summed E-state index contributed by atoms with van der Waals surface area (Å²) >= 11 is 0. The molecule has 0 bridgehead atoms. The second-order valence-corrected chi connectivity index (χ2v) is 6.03. The van der Waals surface area contributed by atoms with Gasteiger partial charge in [0.25, 0.3) is 0 Å².